The maximum absolute atomic E-state index is 11.4. The van der Waals surface area contributed by atoms with Gasteiger partial charge < -0.3 is 15.0 Å². The van der Waals surface area contributed by atoms with Gasteiger partial charge >= 0.3 is 5.95 Å². The fourth-order valence-corrected chi connectivity index (χ4v) is 3.25. The minimum absolute atomic E-state index is 0.0693. The highest BCUT2D eigenvalue weighted by Gasteiger charge is 2.25. The lowest BCUT2D eigenvalue weighted by atomic mass is 10.1. The van der Waals surface area contributed by atoms with E-state index in [1.807, 2.05) is 0 Å². The normalized spacial score (nSPS) is 18.2. The average Bonchev–Trinajstić information content (AvgIpc) is 2.86. The Hall–Kier alpha value is -1.52. The van der Waals surface area contributed by atoms with Crippen LogP contribution in [0, 0.1) is 10.1 Å². The maximum Gasteiger partial charge on any atom is 0.434 e. The van der Waals surface area contributed by atoms with E-state index in [-0.39, 0.29) is 12.5 Å². The monoisotopic (exact) mass is 332 g/mol. The van der Waals surface area contributed by atoms with Crippen molar-refractivity contribution in [2.24, 2.45) is 0 Å². The van der Waals surface area contributed by atoms with Crippen LogP contribution in [0.3, 0.4) is 0 Å². The number of rotatable bonds is 7. The summed E-state index contributed by atoms with van der Waals surface area (Å²) >= 11 is 0. The number of hydrogen-bond donors (Lipinski definition) is 0. The number of likely N-dealkylation sites (tertiary alicyclic amines) is 1. The first-order chi connectivity index (χ1) is 10.3. The molecular weight excluding hydrogens is 312 g/mol. The Bertz CT molecular complexity index is 609. The van der Waals surface area contributed by atoms with Gasteiger partial charge in [-0.3, -0.25) is 4.18 Å². The number of nitro groups is 1. The first-order valence-electron chi connectivity index (χ1n) is 7.11. The number of piperidine rings is 1. The SMILES string of the molecule is CS(=O)(=O)OC(CN1CCCCC1)Cn1ccnc1[N+](=O)[O-]. The van der Waals surface area contributed by atoms with Gasteiger partial charge in [-0.05, 0) is 30.9 Å². The molecule has 1 aromatic heterocycles. The molecule has 0 amide bonds. The van der Waals surface area contributed by atoms with E-state index in [9.17, 15) is 18.5 Å². The standard InChI is InChI=1S/C12H20N4O5S/c1-22(19,20)21-11(9-14-6-3-2-4-7-14)10-15-8-5-13-12(15)16(17)18/h5,8,11H,2-4,6-7,9-10H2,1H3. The molecule has 0 radical (unpaired) electrons. The molecule has 124 valence electrons. The highest BCUT2D eigenvalue weighted by molar-refractivity contribution is 7.86. The van der Waals surface area contributed by atoms with Crippen LogP contribution in [-0.4, -0.2) is 59.8 Å². The Labute approximate surface area is 129 Å². The third kappa shape index (κ3) is 5.04. The minimum atomic E-state index is -3.64. The number of nitrogens with zero attached hydrogens (tertiary/aromatic N) is 4. The summed E-state index contributed by atoms with van der Waals surface area (Å²) in [5.74, 6) is -0.319. The predicted molar refractivity (Wildman–Crippen MR) is 78.9 cm³/mol. The van der Waals surface area contributed by atoms with Gasteiger partial charge in [0.15, 0.2) is 0 Å². The zero-order valence-corrected chi connectivity index (χ0v) is 13.2. The Morgan fingerprint density at radius 3 is 2.64 bits per heavy atom. The summed E-state index contributed by atoms with van der Waals surface area (Å²) in [6, 6.07) is 0. The Kier molecular flexibility index (Phi) is 5.48. The molecule has 0 N–H and O–H groups in total. The van der Waals surface area contributed by atoms with Crippen molar-refractivity contribution < 1.29 is 17.5 Å². The van der Waals surface area contributed by atoms with Crippen molar-refractivity contribution in [3.63, 3.8) is 0 Å². The predicted octanol–water partition coefficient (Wildman–Crippen LogP) is 0.622. The van der Waals surface area contributed by atoms with Gasteiger partial charge in [-0.2, -0.15) is 8.42 Å². The lowest BCUT2D eigenvalue weighted by molar-refractivity contribution is -0.397. The van der Waals surface area contributed by atoms with Crippen molar-refractivity contribution >= 4 is 16.1 Å². The summed E-state index contributed by atoms with van der Waals surface area (Å²) in [5.41, 5.74) is 0. The first kappa shape index (κ1) is 16.8. The Morgan fingerprint density at radius 2 is 2.05 bits per heavy atom. The van der Waals surface area contributed by atoms with Crippen molar-refractivity contribution in [1.82, 2.24) is 14.5 Å². The van der Waals surface area contributed by atoms with E-state index in [2.05, 4.69) is 9.88 Å². The van der Waals surface area contributed by atoms with Crippen molar-refractivity contribution in [3.05, 3.63) is 22.5 Å². The van der Waals surface area contributed by atoms with Gasteiger partial charge in [-0.25, -0.2) is 4.57 Å². The van der Waals surface area contributed by atoms with Gasteiger partial charge in [-0.15, -0.1) is 0 Å². The second kappa shape index (κ2) is 7.16. The van der Waals surface area contributed by atoms with E-state index in [1.54, 1.807) is 0 Å². The average molecular weight is 332 g/mol. The molecule has 0 bridgehead atoms. The van der Waals surface area contributed by atoms with Crippen molar-refractivity contribution in [1.29, 1.82) is 0 Å². The Morgan fingerprint density at radius 1 is 1.36 bits per heavy atom. The van der Waals surface area contributed by atoms with E-state index in [0.29, 0.717) is 6.54 Å². The van der Waals surface area contributed by atoms with Gasteiger partial charge in [0, 0.05) is 6.54 Å². The maximum atomic E-state index is 11.4. The van der Waals surface area contributed by atoms with Crippen LogP contribution in [0.5, 0.6) is 0 Å². The van der Waals surface area contributed by atoms with Crippen LogP contribution in [0.15, 0.2) is 12.4 Å². The van der Waals surface area contributed by atoms with Crippen LogP contribution in [0.1, 0.15) is 19.3 Å². The molecule has 1 aromatic rings. The highest BCUT2D eigenvalue weighted by Crippen LogP contribution is 2.14. The quantitative estimate of drug-likeness (QED) is 0.409. The summed E-state index contributed by atoms with van der Waals surface area (Å²) in [6.45, 7) is 2.26. The van der Waals surface area contributed by atoms with Gasteiger partial charge in [0.25, 0.3) is 10.1 Å². The lowest BCUT2D eigenvalue weighted by Gasteiger charge is -2.29. The number of imidazole rings is 1. The third-order valence-corrected chi connectivity index (χ3v) is 4.10. The summed E-state index contributed by atoms with van der Waals surface area (Å²) < 4.78 is 29.3. The first-order valence-corrected chi connectivity index (χ1v) is 8.93. The molecule has 1 aliphatic heterocycles. The third-order valence-electron chi connectivity index (χ3n) is 3.48. The summed E-state index contributed by atoms with van der Waals surface area (Å²) in [6.07, 6.45) is 6.37. The molecule has 2 heterocycles. The molecule has 0 saturated carbocycles. The van der Waals surface area contributed by atoms with Crippen LogP contribution in [0.2, 0.25) is 0 Å². The minimum Gasteiger partial charge on any atom is -0.390 e. The van der Waals surface area contributed by atoms with Crippen LogP contribution < -0.4 is 0 Å². The van der Waals surface area contributed by atoms with Crippen molar-refractivity contribution in [2.75, 3.05) is 25.9 Å². The van der Waals surface area contributed by atoms with E-state index in [0.717, 1.165) is 32.2 Å². The van der Waals surface area contributed by atoms with E-state index in [4.69, 9.17) is 4.18 Å². The molecule has 22 heavy (non-hydrogen) atoms. The van der Waals surface area contributed by atoms with Gasteiger partial charge in [0.2, 0.25) is 0 Å². The molecule has 1 saturated heterocycles. The topological polar surface area (TPSA) is 108 Å². The largest absolute Gasteiger partial charge is 0.434 e. The zero-order valence-electron chi connectivity index (χ0n) is 12.4. The molecule has 0 spiro atoms. The molecule has 2 rings (SSSR count). The summed E-state index contributed by atoms with van der Waals surface area (Å²) in [5, 5.41) is 10.9. The van der Waals surface area contributed by atoms with E-state index in [1.165, 1.54) is 23.4 Å². The summed E-state index contributed by atoms with van der Waals surface area (Å²) in [7, 11) is -3.64. The van der Waals surface area contributed by atoms with Gasteiger partial charge in [0.1, 0.15) is 25.0 Å². The fraction of sp³-hybridized carbons (Fsp3) is 0.750. The molecule has 0 aromatic carbocycles. The summed E-state index contributed by atoms with van der Waals surface area (Å²) in [4.78, 5) is 16.1. The van der Waals surface area contributed by atoms with E-state index < -0.39 is 21.1 Å². The van der Waals surface area contributed by atoms with Crippen LogP contribution >= 0.6 is 0 Å². The van der Waals surface area contributed by atoms with Crippen molar-refractivity contribution in [3.8, 4) is 0 Å². The number of aromatic nitrogens is 2. The molecule has 1 atom stereocenters. The van der Waals surface area contributed by atoms with Crippen LogP contribution in [0.4, 0.5) is 5.95 Å². The molecule has 1 unspecified atom stereocenters. The second-order valence-corrected chi connectivity index (χ2v) is 7.02. The van der Waals surface area contributed by atoms with Crippen LogP contribution in [-0.2, 0) is 20.8 Å². The van der Waals surface area contributed by atoms with Gasteiger partial charge in [-0.1, -0.05) is 11.4 Å². The molecule has 1 aliphatic rings. The second-order valence-electron chi connectivity index (χ2n) is 5.42. The molecular formula is C12H20N4O5S. The molecule has 9 nitrogen and oxygen atoms in total. The van der Waals surface area contributed by atoms with E-state index >= 15 is 0 Å². The zero-order chi connectivity index (χ0) is 16.2. The smallest absolute Gasteiger partial charge is 0.390 e. The Balaban J connectivity index is 2.09. The highest BCUT2D eigenvalue weighted by atomic mass is 32.2. The van der Waals surface area contributed by atoms with Crippen LogP contribution in [0.25, 0.3) is 0 Å². The molecule has 0 aliphatic carbocycles. The molecule has 1 fully saturated rings. The molecule has 10 heteroatoms. The lowest BCUT2D eigenvalue weighted by Crippen LogP contribution is -2.40. The van der Waals surface area contributed by atoms with Gasteiger partial charge in [0.05, 0.1) is 6.26 Å². The number of hydrogen-bond acceptors (Lipinski definition) is 7. The van der Waals surface area contributed by atoms with Crippen molar-refractivity contribution in [2.45, 2.75) is 31.9 Å². The fourth-order valence-electron chi connectivity index (χ4n) is 2.63.